The van der Waals surface area contributed by atoms with Crippen LogP contribution in [0.3, 0.4) is 0 Å². The van der Waals surface area contributed by atoms with Crippen molar-refractivity contribution in [2.75, 3.05) is 0 Å². The van der Waals surface area contributed by atoms with Crippen LogP contribution in [0.25, 0.3) is 0 Å². The van der Waals surface area contributed by atoms with Crippen LogP contribution >= 0.6 is 12.2 Å². The second-order valence-corrected chi connectivity index (χ2v) is 3.48. The van der Waals surface area contributed by atoms with E-state index in [1.54, 1.807) is 10.8 Å². The molecule has 3 nitrogen and oxygen atoms in total. The van der Waals surface area contributed by atoms with E-state index < -0.39 is 0 Å². The number of H-pyrrole nitrogens is 1. The van der Waals surface area contributed by atoms with Crippen LogP contribution in [-0.4, -0.2) is 9.55 Å². The lowest BCUT2D eigenvalue weighted by molar-refractivity contribution is 0.560. The maximum absolute atomic E-state index is 11.3. The summed E-state index contributed by atoms with van der Waals surface area (Å²) in [5, 5.41) is 0. The Morgan fingerprint density at radius 2 is 2.17 bits per heavy atom. The lowest BCUT2D eigenvalue weighted by atomic mass is 10.3. The Hall–Kier alpha value is -0.900. The third kappa shape index (κ3) is 1.64. The van der Waals surface area contributed by atoms with Crippen molar-refractivity contribution in [3.63, 3.8) is 0 Å². The van der Waals surface area contributed by atoms with Crippen molar-refractivity contribution in [2.45, 2.75) is 26.8 Å². The number of aromatic nitrogens is 2. The van der Waals surface area contributed by atoms with Crippen molar-refractivity contribution in [1.82, 2.24) is 9.55 Å². The number of hydrogen-bond acceptors (Lipinski definition) is 2. The molecule has 0 aliphatic carbocycles. The first-order chi connectivity index (χ1) is 5.52. The quantitative estimate of drug-likeness (QED) is 0.676. The fourth-order valence-corrected chi connectivity index (χ4v) is 1.11. The lowest BCUT2D eigenvalue weighted by Gasteiger charge is -2.09. The molecule has 0 aliphatic rings. The summed E-state index contributed by atoms with van der Waals surface area (Å²) in [6.45, 7) is 5.80. The molecule has 0 atom stereocenters. The predicted octanol–water partition coefficient (Wildman–Crippen LogP) is 1.80. The first-order valence-corrected chi connectivity index (χ1v) is 4.25. The van der Waals surface area contributed by atoms with E-state index >= 15 is 0 Å². The molecule has 0 aliphatic heterocycles. The second kappa shape index (κ2) is 3.23. The van der Waals surface area contributed by atoms with Gasteiger partial charge in [0.15, 0.2) is 0 Å². The Balaban J connectivity index is 3.44. The molecule has 1 aromatic heterocycles. The third-order valence-electron chi connectivity index (χ3n) is 1.70. The van der Waals surface area contributed by atoms with E-state index in [0.717, 1.165) is 5.56 Å². The van der Waals surface area contributed by atoms with Crippen LogP contribution in [0, 0.1) is 11.6 Å². The van der Waals surface area contributed by atoms with Crippen LogP contribution in [0.5, 0.6) is 0 Å². The van der Waals surface area contributed by atoms with Gasteiger partial charge >= 0.3 is 5.69 Å². The number of aryl methyl sites for hydroxylation is 1. The van der Waals surface area contributed by atoms with E-state index in [2.05, 4.69) is 4.98 Å². The first-order valence-electron chi connectivity index (χ1n) is 3.84. The third-order valence-corrected chi connectivity index (χ3v) is 2.13. The molecule has 0 radical (unpaired) electrons. The molecule has 0 spiro atoms. The average molecular weight is 184 g/mol. The Labute approximate surface area is 76.1 Å². The van der Waals surface area contributed by atoms with Gasteiger partial charge in [0, 0.05) is 17.8 Å². The SMILES string of the molecule is Cc1cn(C(C)C)c(=O)[nH]c1=S. The van der Waals surface area contributed by atoms with Crippen molar-refractivity contribution >= 4 is 12.2 Å². The van der Waals surface area contributed by atoms with E-state index in [1.807, 2.05) is 20.8 Å². The number of nitrogens with one attached hydrogen (secondary N) is 1. The predicted molar refractivity (Wildman–Crippen MR) is 51.0 cm³/mol. The van der Waals surface area contributed by atoms with Crippen molar-refractivity contribution in [1.29, 1.82) is 0 Å². The molecule has 1 rings (SSSR count). The number of nitrogens with zero attached hydrogens (tertiary/aromatic N) is 1. The van der Waals surface area contributed by atoms with Crippen LogP contribution in [-0.2, 0) is 0 Å². The highest BCUT2D eigenvalue weighted by Crippen LogP contribution is 2.01. The van der Waals surface area contributed by atoms with E-state index in [-0.39, 0.29) is 11.7 Å². The normalized spacial score (nSPS) is 10.7. The molecule has 0 bridgehead atoms. The second-order valence-electron chi connectivity index (χ2n) is 3.07. The van der Waals surface area contributed by atoms with Gasteiger partial charge in [0.05, 0.1) is 0 Å². The maximum atomic E-state index is 11.3. The van der Waals surface area contributed by atoms with Crippen molar-refractivity contribution in [3.8, 4) is 0 Å². The van der Waals surface area contributed by atoms with E-state index in [9.17, 15) is 4.79 Å². The van der Waals surface area contributed by atoms with E-state index in [1.165, 1.54) is 0 Å². The molecular weight excluding hydrogens is 172 g/mol. The highest BCUT2D eigenvalue weighted by molar-refractivity contribution is 7.71. The Morgan fingerprint density at radius 3 is 2.67 bits per heavy atom. The molecule has 0 aromatic carbocycles. The zero-order valence-electron chi connectivity index (χ0n) is 7.42. The Kier molecular flexibility index (Phi) is 2.47. The molecule has 0 unspecified atom stereocenters. The fourth-order valence-electron chi connectivity index (χ4n) is 0.970. The van der Waals surface area contributed by atoms with Crippen LogP contribution in [0.1, 0.15) is 25.5 Å². The van der Waals surface area contributed by atoms with Crippen molar-refractivity contribution < 1.29 is 0 Å². The van der Waals surface area contributed by atoms with Gasteiger partial charge in [-0.1, -0.05) is 12.2 Å². The molecule has 1 heterocycles. The minimum absolute atomic E-state index is 0.138. The van der Waals surface area contributed by atoms with Gasteiger partial charge in [0.2, 0.25) is 0 Å². The number of rotatable bonds is 1. The Morgan fingerprint density at radius 1 is 1.58 bits per heavy atom. The van der Waals surface area contributed by atoms with Crippen LogP contribution in [0.4, 0.5) is 0 Å². The van der Waals surface area contributed by atoms with Gasteiger partial charge in [-0.3, -0.25) is 9.55 Å². The standard InChI is InChI=1S/C8H12N2OS/c1-5(2)10-4-6(3)7(12)9-8(10)11/h4-5H,1-3H3,(H,9,11,12). The Bertz CT molecular complexity index is 389. The molecule has 0 amide bonds. The highest BCUT2D eigenvalue weighted by atomic mass is 32.1. The van der Waals surface area contributed by atoms with Gasteiger partial charge in [-0.15, -0.1) is 0 Å². The van der Waals surface area contributed by atoms with Gasteiger partial charge in [-0.25, -0.2) is 4.79 Å². The van der Waals surface area contributed by atoms with Gasteiger partial charge in [-0.05, 0) is 20.8 Å². The average Bonchev–Trinajstić information content (AvgIpc) is 1.96. The molecule has 0 saturated heterocycles. The van der Waals surface area contributed by atoms with Gasteiger partial charge in [-0.2, -0.15) is 0 Å². The van der Waals surface area contributed by atoms with Crippen molar-refractivity contribution in [2.24, 2.45) is 0 Å². The lowest BCUT2D eigenvalue weighted by Crippen LogP contribution is -2.24. The van der Waals surface area contributed by atoms with E-state index in [0.29, 0.717) is 4.64 Å². The number of aromatic amines is 1. The summed E-state index contributed by atoms with van der Waals surface area (Å²) < 4.78 is 2.16. The topological polar surface area (TPSA) is 37.8 Å². The molecule has 12 heavy (non-hydrogen) atoms. The highest BCUT2D eigenvalue weighted by Gasteiger charge is 2.00. The van der Waals surface area contributed by atoms with Crippen molar-refractivity contribution in [3.05, 3.63) is 26.9 Å². The zero-order valence-corrected chi connectivity index (χ0v) is 8.23. The largest absolute Gasteiger partial charge is 0.326 e. The minimum atomic E-state index is -0.138. The molecule has 0 saturated carbocycles. The number of hydrogen-bond donors (Lipinski definition) is 1. The summed E-state index contributed by atoms with van der Waals surface area (Å²) in [6.07, 6.45) is 1.78. The summed E-state index contributed by atoms with van der Waals surface area (Å²) in [4.78, 5) is 13.9. The van der Waals surface area contributed by atoms with Gasteiger partial charge < -0.3 is 0 Å². The van der Waals surface area contributed by atoms with Gasteiger partial charge in [0.25, 0.3) is 0 Å². The summed E-state index contributed by atoms with van der Waals surface area (Å²) in [6, 6.07) is 0.169. The monoisotopic (exact) mass is 184 g/mol. The maximum Gasteiger partial charge on any atom is 0.326 e. The fraction of sp³-hybridized carbons (Fsp3) is 0.500. The summed E-state index contributed by atoms with van der Waals surface area (Å²) in [5.74, 6) is 0. The van der Waals surface area contributed by atoms with Gasteiger partial charge in [0.1, 0.15) is 4.64 Å². The van der Waals surface area contributed by atoms with E-state index in [4.69, 9.17) is 12.2 Å². The summed E-state index contributed by atoms with van der Waals surface area (Å²) in [7, 11) is 0. The minimum Gasteiger partial charge on any atom is -0.298 e. The molecule has 4 heteroatoms. The molecular formula is C8H12N2OS. The van der Waals surface area contributed by atoms with Crippen LogP contribution < -0.4 is 5.69 Å². The first kappa shape index (κ1) is 9.19. The zero-order chi connectivity index (χ0) is 9.30. The molecule has 1 aromatic rings. The molecule has 0 fully saturated rings. The summed E-state index contributed by atoms with van der Waals surface area (Å²) in [5.41, 5.74) is 0.791. The van der Waals surface area contributed by atoms with Crippen LogP contribution in [0.15, 0.2) is 11.0 Å². The summed E-state index contributed by atoms with van der Waals surface area (Å²) >= 11 is 4.92. The smallest absolute Gasteiger partial charge is 0.298 e. The van der Waals surface area contributed by atoms with Crippen LogP contribution in [0.2, 0.25) is 0 Å². The molecule has 1 N–H and O–H groups in total. The molecule has 66 valence electrons.